The van der Waals surface area contributed by atoms with E-state index in [1.165, 1.54) is 97.9 Å². The van der Waals surface area contributed by atoms with Crippen LogP contribution in [0.4, 0.5) is 38.9 Å². The molecule has 0 fully saturated rings. The minimum atomic E-state index is -5.20. The summed E-state index contributed by atoms with van der Waals surface area (Å²) >= 11 is 0.205. The second kappa shape index (κ2) is 23.6. The second-order valence-corrected chi connectivity index (χ2v) is 24.3. The first-order valence-corrected chi connectivity index (χ1v) is 29.9. The molecule has 6 amide bonds. The van der Waals surface area contributed by atoms with E-state index in [0.717, 1.165) is 42.5 Å². The summed E-state index contributed by atoms with van der Waals surface area (Å²) in [5.41, 5.74) is 1.10. The van der Waals surface area contributed by atoms with Crippen LogP contribution in [0, 0.1) is 20.8 Å². The van der Waals surface area contributed by atoms with Crippen molar-refractivity contribution in [2.45, 2.75) is 45.2 Å². The zero-order valence-corrected chi connectivity index (χ0v) is 46.7. The summed E-state index contributed by atoms with van der Waals surface area (Å²) in [7, 11) is -20.2. The second-order valence-electron chi connectivity index (χ2n) is 18.0. The van der Waals surface area contributed by atoms with Crippen LogP contribution >= 0.6 is 12.0 Å². The smallest absolute Gasteiger partial charge is 0.322 e. The summed E-state index contributed by atoms with van der Waals surface area (Å²) < 4.78 is 144. The fourth-order valence-corrected chi connectivity index (χ4v) is 11.9. The van der Waals surface area contributed by atoms with Crippen LogP contribution < -0.4 is 31.9 Å². The topological polar surface area (TPSA) is 414 Å². The fourth-order valence-electron chi connectivity index (χ4n) is 8.46. The largest absolute Gasteiger partial charge is 0.323 e. The molecule has 0 bridgehead atoms. The molecule has 0 aliphatic heterocycles. The van der Waals surface area contributed by atoms with Crippen LogP contribution in [0.1, 0.15) is 58.1 Å². The highest BCUT2D eigenvalue weighted by atomic mass is 32.2. The van der Waals surface area contributed by atoms with Crippen molar-refractivity contribution >= 4 is 138 Å². The molecule has 31 heteroatoms. The fraction of sp³-hybridized carbons (Fsp3) is 0.0577. The molecule has 8 aromatic rings. The molecule has 8 aromatic carbocycles. The van der Waals surface area contributed by atoms with Gasteiger partial charge in [0.1, 0.15) is 19.6 Å². The molecule has 0 heterocycles. The zero-order valence-electron chi connectivity index (χ0n) is 42.6. The van der Waals surface area contributed by atoms with Crippen LogP contribution in [-0.4, -0.2) is 86.8 Å². The molecule has 0 aliphatic carbocycles. The van der Waals surface area contributed by atoms with Crippen molar-refractivity contribution in [2.75, 3.05) is 31.9 Å². The van der Waals surface area contributed by atoms with Crippen molar-refractivity contribution in [3.63, 3.8) is 0 Å². The van der Waals surface area contributed by atoms with E-state index in [9.17, 15) is 75.9 Å². The highest BCUT2D eigenvalue weighted by Gasteiger charge is 2.28. The van der Waals surface area contributed by atoms with Crippen LogP contribution in [0.2, 0.25) is 0 Å². The highest BCUT2D eigenvalue weighted by molar-refractivity contribution is 7.94. The Labute approximate surface area is 475 Å². The van der Waals surface area contributed by atoms with Crippen LogP contribution in [0.25, 0.3) is 21.5 Å². The van der Waals surface area contributed by atoms with Crippen molar-refractivity contribution < 1.29 is 90.5 Å². The van der Waals surface area contributed by atoms with Crippen molar-refractivity contribution in [3.8, 4) is 0 Å². The first-order valence-electron chi connectivity index (χ1n) is 23.4. The monoisotopic (exact) mass is 1230 g/mol. The van der Waals surface area contributed by atoms with Crippen molar-refractivity contribution in [3.05, 3.63) is 172 Å². The van der Waals surface area contributed by atoms with E-state index in [1.807, 2.05) is 0 Å². The molecule has 430 valence electrons. The lowest BCUT2D eigenvalue weighted by Gasteiger charge is -2.16. The summed E-state index contributed by atoms with van der Waals surface area (Å²) in [4.78, 5) is 64.5. The van der Waals surface area contributed by atoms with E-state index in [-0.39, 0.29) is 84.3 Å². The number of nitrogens with one attached hydrogen (secondary N) is 6. The molecule has 0 aliphatic rings. The van der Waals surface area contributed by atoms with E-state index in [4.69, 9.17) is 5.26 Å². The highest BCUT2D eigenvalue weighted by Crippen LogP contribution is 2.40. The number of rotatable bonds is 17. The number of fused-ring (bicyclic) bond motifs is 2. The van der Waals surface area contributed by atoms with Gasteiger partial charge in [-0.3, -0.25) is 37.4 Å². The first-order chi connectivity index (χ1) is 38.9. The Morgan fingerprint density at radius 2 is 0.795 bits per heavy atom. The number of aryl methyl sites for hydroxylation is 3. The molecule has 26 nitrogen and oxygen atoms in total. The normalized spacial score (nSPS) is 11.9. The molecular weight excluding hydrogens is 1190 g/mol. The van der Waals surface area contributed by atoms with E-state index < -0.39 is 106 Å². The quantitative estimate of drug-likeness (QED) is 0.0175. The summed E-state index contributed by atoms with van der Waals surface area (Å²) in [6, 6.07) is 26.9. The molecule has 83 heavy (non-hydrogen) atoms. The summed E-state index contributed by atoms with van der Waals surface area (Å²) in [6.07, 6.45) is 0. The van der Waals surface area contributed by atoms with Gasteiger partial charge in [-0.2, -0.15) is 33.7 Å². The van der Waals surface area contributed by atoms with Crippen LogP contribution in [0.5, 0.6) is 0 Å². The van der Waals surface area contributed by atoms with Crippen molar-refractivity contribution in [1.82, 2.24) is 0 Å². The van der Waals surface area contributed by atoms with Gasteiger partial charge in [-0.15, -0.1) is 4.33 Å². The number of urea groups is 1. The maximum atomic E-state index is 13.7. The van der Waals surface area contributed by atoms with Gasteiger partial charge in [-0.1, -0.05) is 29.3 Å². The molecule has 0 aromatic heterocycles. The molecule has 8 rings (SSSR count). The summed E-state index contributed by atoms with van der Waals surface area (Å²) in [6.45, 7) is 4.67. The Morgan fingerprint density at radius 1 is 0.410 bits per heavy atom. The van der Waals surface area contributed by atoms with E-state index in [1.54, 1.807) is 13.8 Å². The Kier molecular flexibility index (Phi) is 17.2. The number of hydrogen-bond acceptors (Lipinski definition) is 17. The minimum Gasteiger partial charge on any atom is -0.322 e. The Morgan fingerprint density at radius 3 is 1.20 bits per heavy atom. The first kappa shape index (κ1) is 60.4. The van der Waals surface area contributed by atoms with Gasteiger partial charge >= 0.3 is 6.03 Å². The third kappa shape index (κ3) is 14.0. The molecule has 0 saturated heterocycles. The van der Waals surface area contributed by atoms with E-state index in [2.05, 4.69) is 41.3 Å². The van der Waals surface area contributed by atoms with Gasteiger partial charge in [0.2, 0.25) is 0 Å². The summed E-state index contributed by atoms with van der Waals surface area (Å²) in [5.74, 6) is -3.13. The maximum absolute atomic E-state index is 13.7. The lowest BCUT2D eigenvalue weighted by atomic mass is 10.0. The standard InChI is InChI=1S/C52H42N6O20S5/c1-26-18-36-42(80(65,66)67)16-14-38(46(36)44(19-26)82(71,72)73)55-50(61)31-12-10-27(2)40(22-31)57-48(59)29-6-4-8-33(20-29)53-52(63)54-34-9-5-7-30(21-34)49(60)58-41-23-32(13-11-28(41)3)51(62)56-39-15-17-43(81(68,69)70)37-24-35(79-78-77-64)25-45(47(37)39)83(74,75)76/h4-25,64H,1-3H3,(H,55,61)(H,56,62)(H,57,59)(H,58,60)(H2,53,54,63)(H,65,66,67)(H,68,69,70)(H,71,72,73)(H,74,75,76). The Hall–Kier alpha value is -8.70. The Bertz CT molecular complexity index is 4540. The van der Waals surface area contributed by atoms with Gasteiger partial charge in [-0.25, -0.2) is 10.1 Å². The molecular formula is C52H42N6O20S5. The van der Waals surface area contributed by atoms with Gasteiger partial charge in [0.05, 0.1) is 23.4 Å². The van der Waals surface area contributed by atoms with E-state index in [0.29, 0.717) is 11.1 Å². The number of anilines is 6. The van der Waals surface area contributed by atoms with Crippen molar-refractivity contribution in [2.24, 2.45) is 0 Å². The number of benzene rings is 8. The van der Waals surface area contributed by atoms with Gasteiger partial charge in [-0.05, 0) is 147 Å². The number of carbonyl (C=O) groups is 5. The van der Waals surface area contributed by atoms with Gasteiger partial charge in [0.25, 0.3) is 64.1 Å². The number of hydrogen-bond donors (Lipinski definition) is 11. The lowest BCUT2D eigenvalue weighted by molar-refractivity contribution is -0.432. The average Bonchev–Trinajstić information content (AvgIpc) is 1.64. The molecule has 0 atom stereocenters. The third-order valence-electron chi connectivity index (χ3n) is 12.2. The molecule has 0 unspecified atom stereocenters. The lowest BCUT2D eigenvalue weighted by Crippen LogP contribution is -2.21. The van der Waals surface area contributed by atoms with Gasteiger partial charge in [0, 0.05) is 71.4 Å². The SMILES string of the molecule is Cc1cc(S(=O)(=O)O)c2c(NC(=O)c3ccc(C)c(NC(=O)c4cccc(NC(=O)Nc5cccc(C(=O)Nc6cc(C(=O)Nc7ccc(S(=O)(=O)O)c8cc(SOOO)cc(S(=O)(=O)O)c78)ccc6C)c5)c4)c3)ccc(S(=O)(=O)O)c2c1. The Balaban J connectivity index is 0.932. The van der Waals surface area contributed by atoms with Gasteiger partial charge in [0.15, 0.2) is 0 Å². The number of amides is 6. The van der Waals surface area contributed by atoms with Crippen molar-refractivity contribution in [1.29, 1.82) is 0 Å². The molecule has 0 saturated carbocycles. The van der Waals surface area contributed by atoms with Crippen LogP contribution in [0.3, 0.4) is 0 Å². The zero-order chi connectivity index (χ0) is 60.5. The molecule has 0 radical (unpaired) electrons. The third-order valence-corrected chi connectivity index (χ3v) is 16.4. The summed E-state index contributed by atoms with van der Waals surface area (Å²) in [5, 5.41) is 25.9. The predicted molar refractivity (Wildman–Crippen MR) is 302 cm³/mol. The van der Waals surface area contributed by atoms with Crippen LogP contribution in [0.15, 0.2) is 158 Å². The molecule has 0 spiro atoms. The minimum absolute atomic E-state index is 0.0355. The van der Waals surface area contributed by atoms with E-state index >= 15 is 0 Å². The van der Waals surface area contributed by atoms with Gasteiger partial charge < -0.3 is 31.9 Å². The molecule has 11 N–H and O–H groups in total. The average molecular weight is 1230 g/mol. The maximum Gasteiger partial charge on any atom is 0.323 e. The number of carbonyl (C=O) groups excluding carboxylic acids is 5. The van der Waals surface area contributed by atoms with Crippen LogP contribution in [-0.2, 0) is 49.8 Å². The predicted octanol–water partition coefficient (Wildman–Crippen LogP) is 8.99.